The zero-order valence-corrected chi connectivity index (χ0v) is 14.7. The van der Waals surface area contributed by atoms with E-state index in [1.807, 2.05) is 35.2 Å². The molecule has 0 saturated carbocycles. The van der Waals surface area contributed by atoms with Gasteiger partial charge in [-0.1, -0.05) is 51.1 Å². The van der Waals surface area contributed by atoms with Crippen LogP contribution in [0.25, 0.3) is 0 Å². The van der Waals surface area contributed by atoms with Crippen molar-refractivity contribution in [1.29, 1.82) is 0 Å². The van der Waals surface area contributed by atoms with E-state index in [2.05, 4.69) is 39.0 Å². The fraction of sp³-hybridized carbons (Fsp3) is 0.381. The summed E-state index contributed by atoms with van der Waals surface area (Å²) in [6.07, 6.45) is 1.94. The third-order valence-corrected chi connectivity index (χ3v) is 4.21. The Morgan fingerprint density at radius 2 is 1.79 bits per heavy atom. The Hall–Kier alpha value is -2.29. The van der Waals surface area contributed by atoms with E-state index in [1.54, 1.807) is 0 Å². The molecule has 0 spiro atoms. The minimum absolute atomic E-state index is 0.0127. The van der Waals surface area contributed by atoms with Gasteiger partial charge < -0.3 is 9.64 Å². The number of carbonyl (C=O) groups excluding carboxylic acids is 1. The number of para-hydroxylation sites is 1. The van der Waals surface area contributed by atoms with Crippen LogP contribution >= 0.6 is 0 Å². The zero-order valence-electron chi connectivity index (χ0n) is 14.7. The lowest BCUT2D eigenvalue weighted by Crippen LogP contribution is -2.33. The predicted octanol–water partition coefficient (Wildman–Crippen LogP) is 4.24. The number of amides is 1. The van der Waals surface area contributed by atoms with Crippen LogP contribution in [0.1, 0.15) is 31.9 Å². The number of hydrogen-bond donors (Lipinski definition) is 0. The number of hydrogen-bond acceptors (Lipinski definition) is 2. The molecular weight excluding hydrogens is 298 g/mol. The topological polar surface area (TPSA) is 29.5 Å². The van der Waals surface area contributed by atoms with Crippen LogP contribution in [0.2, 0.25) is 0 Å². The number of fused-ring (bicyclic) bond motifs is 1. The maximum Gasteiger partial charge on any atom is 0.264 e. The van der Waals surface area contributed by atoms with E-state index in [4.69, 9.17) is 4.74 Å². The number of ether oxygens (including phenoxy) is 1. The van der Waals surface area contributed by atoms with Crippen LogP contribution in [-0.4, -0.2) is 19.1 Å². The standard InChI is InChI=1S/C21H25NO2/c1-21(2,3)14-16-8-10-18(11-9-16)24-15-20(23)22-13-12-17-6-4-5-7-19(17)22/h4-11H,12-15H2,1-3H3. The molecule has 3 rings (SSSR count). The Morgan fingerprint density at radius 3 is 2.50 bits per heavy atom. The average molecular weight is 323 g/mol. The fourth-order valence-electron chi connectivity index (χ4n) is 3.14. The number of benzene rings is 2. The lowest BCUT2D eigenvalue weighted by atomic mass is 9.88. The molecule has 0 aliphatic carbocycles. The molecule has 0 radical (unpaired) electrons. The monoisotopic (exact) mass is 323 g/mol. The summed E-state index contributed by atoms with van der Waals surface area (Å²) in [6, 6.07) is 16.1. The third-order valence-electron chi connectivity index (χ3n) is 4.21. The molecule has 0 atom stereocenters. The van der Waals surface area contributed by atoms with Crippen LogP contribution in [-0.2, 0) is 17.6 Å². The summed E-state index contributed by atoms with van der Waals surface area (Å²) < 4.78 is 5.69. The van der Waals surface area contributed by atoms with Gasteiger partial charge in [0.2, 0.25) is 0 Å². The van der Waals surface area contributed by atoms with Crippen LogP contribution in [0, 0.1) is 5.41 Å². The average Bonchev–Trinajstić information content (AvgIpc) is 2.96. The Balaban J connectivity index is 1.57. The fourth-order valence-corrected chi connectivity index (χ4v) is 3.14. The third kappa shape index (κ3) is 3.97. The molecule has 24 heavy (non-hydrogen) atoms. The van der Waals surface area contributed by atoms with Crippen molar-refractivity contribution >= 4 is 11.6 Å². The SMILES string of the molecule is CC(C)(C)Cc1ccc(OCC(=O)N2CCc3ccccc32)cc1. The molecule has 3 heteroatoms. The second kappa shape index (κ2) is 6.68. The molecule has 1 heterocycles. The second-order valence-electron chi connectivity index (χ2n) is 7.59. The Labute approximate surface area is 144 Å². The Morgan fingerprint density at radius 1 is 1.08 bits per heavy atom. The first-order valence-electron chi connectivity index (χ1n) is 8.52. The maximum atomic E-state index is 12.4. The van der Waals surface area contributed by atoms with Gasteiger partial charge in [0.1, 0.15) is 5.75 Å². The summed E-state index contributed by atoms with van der Waals surface area (Å²) in [7, 11) is 0. The van der Waals surface area contributed by atoms with Gasteiger partial charge in [0.15, 0.2) is 6.61 Å². The number of rotatable bonds is 4. The summed E-state index contributed by atoms with van der Waals surface area (Å²) in [5.41, 5.74) is 3.81. The Kier molecular flexibility index (Phi) is 4.61. The minimum atomic E-state index is 0.0127. The molecule has 1 aliphatic rings. The molecule has 0 bridgehead atoms. The molecule has 2 aromatic rings. The van der Waals surface area contributed by atoms with Gasteiger partial charge >= 0.3 is 0 Å². The van der Waals surface area contributed by atoms with E-state index < -0.39 is 0 Å². The molecular formula is C21H25NO2. The van der Waals surface area contributed by atoms with Crippen molar-refractivity contribution in [2.24, 2.45) is 5.41 Å². The van der Waals surface area contributed by atoms with Gasteiger partial charge in [-0.3, -0.25) is 4.79 Å². The highest BCUT2D eigenvalue weighted by molar-refractivity contribution is 5.96. The maximum absolute atomic E-state index is 12.4. The van der Waals surface area contributed by atoms with Gasteiger partial charge in [0.25, 0.3) is 5.91 Å². The molecule has 1 amide bonds. The first-order chi connectivity index (χ1) is 11.4. The molecule has 3 nitrogen and oxygen atoms in total. The van der Waals surface area contributed by atoms with Crippen LogP contribution in [0.5, 0.6) is 5.75 Å². The van der Waals surface area contributed by atoms with E-state index >= 15 is 0 Å². The predicted molar refractivity (Wildman–Crippen MR) is 97.6 cm³/mol. The van der Waals surface area contributed by atoms with E-state index in [0.717, 1.165) is 30.8 Å². The molecule has 1 aliphatic heterocycles. The largest absolute Gasteiger partial charge is 0.484 e. The molecule has 126 valence electrons. The van der Waals surface area contributed by atoms with Crippen molar-refractivity contribution in [3.63, 3.8) is 0 Å². The zero-order chi connectivity index (χ0) is 17.2. The van der Waals surface area contributed by atoms with Crippen molar-refractivity contribution in [2.75, 3.05) is 18.1 Å². The summed E-state index contributed by atoms with van der Waals surface area (Å²) in [6.45, 7) is 7.50. The summed E-state index contributed by atoms with van der Waals surface area (Å²) >= 11 is 0. The highest BCUT2D eigenvalue weighted by Gasteiger charge is 2.24. The van der Waals surface area contributed by atoms with Crippen molar-refractivity contribution in [1.82, 2.24) is 0 Å². The van der Waals surface area contributed by atoms with Crippen LogP contribution < -0.4 is 9.64 Å². The summed E-state index contributed by atoms with van der Waals surface area (Å²) in [5.74, 6) is 0.757. The minimum Gasteiger partial charge on any atom is -0.484 e. The van der Waals surface area contributed by atoms with E-state index in [0.29, 0.717) is 0 Å². The lowest BCUT2D eigenvalue weighted by Gasteiger charge is -2.19. The van der Waals surface area contributed by atoms with Gasteiger partial charge in [-0.2, -0.15) is 0 Å². The highest BCUT2D eigenvalue weighted by atomic mass is 16.5. The molecule has 0 fully saturated rings. The van der Waals surface area contributed by atoms with Crippen molar-refractivity contribution in [3.8, 4) is 5.75 Å². The molecule has 0 saturated heterocycles. The molecule has 2 aromatic carbocycles. The van der Waals surface area contributed by atoms with Crippen molar-refractivity contribution in [3.05, 3.63) is 59.7 Å². The number of anilines is 1. The van der Waals surface area contributed by atoms with Crippen LogP contribution in [0.15, 0.2) is 48.5 Å². The van der Waals surface area contributed by atoms with Crippen LogP contribution in [0.3, 0.4) is 0 Å². The first kappa shape index (κ1) is 16.6. The smallest absolute Gasteiger partial charge is 0.264 e. The van der Waals surface area contributed by atoms with Gasteiger partial charge in [-0.05, 0) is 47.6 Å². The first-order valence-corrected chi connectivity index (χ1v) is 8.52. The quantitative estimate of drug-likeness (QED) is 0.842. The molecule has 0 N–H and O–H groups in total. The van der Waals surface area contributed by atoms with E-state index in [-0.39, 0.29) is 17.9 Å². The van der Waals surface area contributed by atoms with E-state index in [9.17, 15) is 4.79 Å². The molecule has 0 aromatic heterocycles. The number of carbonyl (C=O) groups is 1. The Bertz CT molecular complexity index is 713. The number of nitrogens with zero attached hydrogens (tertiary/aromatic N) is 1. The molecule has 0 unspecified atom stereocenters. The highest BCUT2D eigenvalue weighted by Crippen LogP contribution is 2.27. The summed E-state index contributed by atoms with van der Waals surface area (Å²) in [4.78, 5) is 14.3. The van der Waals surface area contributed by atoms with Gasteiger partial charge in [0.05, 0.1) is 0 Å². The van der Waals surface area contributed by atoms with E-state index in [1.165, 1.54) is 11.1 Å². The second-order valence-corrected chi connectivity index (χ2v) is 7.59. The van der Waals surface area contributed by atoms with Gasteiger partial charge in [0, 0.05) is 12.2 Å². The van der Waals surface area contributed by atoms with Gasteiger partial charge in [-0.15, -0.1) is 0 Å². The van der Waals surface area contributed by atoms with Crippen LogP contribution in [0.4, 0.5) is 5.69 Å². The summed E-state index contributed by atoms with van der Waals surface area (Å²) in [5, 5.41) is 0. The van der Waals surface area contributed by atoms with Crippen molar-refractivity contribution in [2.45, 2.75) is 33.6 Å². The van der Waals surface area contributed by atoms with Gasteiger partial charge in [-0.25, -0.2) is 0 Å². The normalized spacial score (nSPS) is 13.7. The lowest BCUT2D eigenvalue weighted by molar-refractivity contribution is -0.120. The van der Waals surface area contributed by atoms with Crippen molar-refractivity contribution < 1.29 is 9.53 Å².